The summed E-state index contributed by atoms with van der Waals surface area (Å²) in [7, 11) is 0. The van der Waals surface area contributed by atoms with Crippen molar-refractivity contribution < 1.29 is 23.5 Å². The Morgan fingerprint density at radius 2 is 1.72 bits per heavy atom. The van der Waals surface area contributed by atoms with Gasteiger partial charge in [0.15, 0.2) is 5.78 Å². The number of carbonyl (C=O) groups excluding carboxylic acids is 3. The second-order valence-electron chi connectivity index (χ2n) is 8.54. The first-order valence-corrected chi connectivity index (χ1v) is 10.8. The molecule has 1 fully saturated rings. The second-order valence-corrected chi connectivity index (χ2v) is 8.54. The molecule has 1 aliphatic heterocycles. The summed E-state index contributed by atoms with van der Waals surface area (Å²) in [6.45, 7) is 6.59. The number of Topliss-reactive ketones (excluding diaryl/α,β-unsaturated/α-hetero) is 1. The fraction of sp³-hybridized carbons (Fsp3) is 0.400. The summed E-state index contributed by atoms with van der Waals surface area (Å²) in [5.41, 5.74) is 1.34. The molecule has 3 rings (SSSR count). The normalized spacial score (nSPS) is 16.9. The van der Waals surface area contributed by atoms with E-state index in [4.69, 9.17) is 4.74 Å². The van der Waals surface area contributed by atoms with Crippen LogP contribution in [0.2, 0.25) is 0 Å². The zero-order valence-electron chi connectivity index (χ0n) is 18.7. The lowest BCUT2D eigenvalue weighted by Crippen LogP contribution is -2.40. The maximum absolute atomic E-state index is 14.0. The standard InChI is InChI=1S/C25H29FN2O4/c1-17(2)12-27-13-22(32-16-21-6-4-5-7-23(21)26)14-28(15-24(27)30)25(31)20-10-8-19(9-11-20)18(3)29/h4-11,17,22H,12-16H2,1-3H3. The zero-order chi connectivity index (χ0) is 23.3. The predicted molar refractivity (Wildman–Crippen MR) is 119 cm³/mol. The highest BCUT2D eigenvalue weighted by atomic mass is 19.1. The molecule has 2 amide bonds. The van der Waals surface area contributed by atoms with Gasteiger partial charge in [0, 0.05) is 36.3 Å². The molecule has 1 atom stereocenters. The fourth-order valence-corrected chi connectivity index (χ4v) is 3.71. The fourth-order valence-electron chi connectivity index (χ4n) is 3.71. The van der Waals surface area contributed by atoms with Crippen molar-refractivity contribution in [3.8, 4) is 0 Å². The van der Waals surface area contributed by atoms with E-state index < -0.39 is 6.10 Å². The highest BCUT2D eigenvalue weighted by Crippen LogP contribution is 2.17. The van der Waals surface area contributed by atoms with Gasteiger partial charge in [-0.3, -0.25) is 14.4 Å². The molecule has 0 bridgehead atoms. The monoisotopic (exact) mass is 440 g/mol. The van der Waals surface area contributed by atoms with Gasteiger partial charge in [-0.2, -0.15) is 0 Å². The van der Waals surface area contributed by atoms with Crippen LogP contribution in [0.3, 0.4) is 0 Å². The van der Waals surface area contributed by atoms with Gasteiger partial charge in [0.1, 0.15) is 12.4 Å². The number of amides is 2. The number of benzene rings is 2. The van der Waals surface area contributed by atoms with E-state index in [1.54, 1.807) is 47.4 Å². The Labute approximate surface area is 188 Å². The molecule has 1 saturated heterocycles. The van der Waals surface area contributed by atoms with Gasteiger partial charge >= 0.3 is 0 Å². The molecule has 7 heteroatoms. The number of carbonyl (C=O) groups is 3. The largest absolute Gasteiger partial charge is 0.370 e. The number of ether oxygens (including phenoxy) is 1. The molecular formula is C25H29FN2O4. The van der Waals surface area contributed by atoms with Crippen LogP contribution >= 0.6 is 0 Å². The van der Waals surface area contributed by atoms with Crippen LogP contribution in [0.4, 0.5) is 4.39 Å². The van der Waals surface area contributed by atoms with Crippen molar-refractivity contribution in [3.05, 3.63) is 71.0 Å². The number of rotatable bonds is 7. The lowest BCUT2D eigenvalue weighted by atomic mass is 10.1. The zero-order valence-corrected chi connectivity index (χ0v) is 18.7. The summed E-state index contributed by atoms with van der Waals surface area (Å²) in [6.07, 6.45) is -0.458. The third-order valence-corrected chi connectivity index (χ3v) is 5.37. The molecule has 0 N–H and O–H groups in total. The number of halogens is 1. The molecule has 0 aromatic heterocycles. The molecule has 170 valence electrons. The van der Waals surface area contributed by atoms with Crippen LogP contribution < -0.4 is 0 Å². The van der Waals surface area contributed by atoms with Crippen molar-refractivity contribution in [3.63, 3.8) is 0 Å². The molecule has 1 heterocycles. The molecule has 0 spiro atoms. The van der Waals surface area contributed by atoms with E-state index in [1.807, 2.05) is 13.8 Å². The van der Waals surface area contributed by atoms with Crippen molar-refractivity contribution in [2.45, 2.75) is 33.5 Å². The minimum Gasteiger partial charge on any atom is -0.370 e. The maximum atomic E-state index is 14.0. The quantitative estimate of drug-likeness (QED) is 0.618. The predicted octanol–water partition coefficient (Wildman–Crippen LogP) is 3.55. The van der Waals surface area contributed by atoms with E-state index >= 15 is 0 Å². The number of hydrogen-bond donors (Lipinski definition) is 0. The van der Waals surface area contributed by atoms with Crippen LogP contribution in [0.15, 0.2) is 48.5 Å². The number of ketones is 1. The van der Waals surface area contributed by atoms with E-state index in [9.17, 15) is 18.8 Å². The average molecular weight is 441 g/mol. The lowest BCUT2D eigenvalue weighted by molar-refractivity contribution is -0.132. The van der Waals surface area contributed by atoms with Gasteiger partial charge in [0.05, 0.1) is 12.7 Å². The molecule has 6 nitrogen and oxygen atoms in total. The van der Waals surface area contributed by atoms with Crippen molar-refractivity contribution in [2.24, 2.45) is 5.92 Å². The van der Waals surface area contributed by atoms with Crippen LogP contribution in [-0.2, 0) is 16.1 Å². The Morgan fingerprint density at radius 1 is 1.06 bits per heavy atom. The smallest absolute Gasteiger partial charge is 0.254 e. The Kier molecular flexibility index (Phi) is 7.75. The van der Waals surface area contributed by atoms with E-state index in [0.29, 0.717) is 29.8 Å². The molecule has 1 aliphatic rings. The van der Waals surface area contributed by atoms with Gasteiger partial charge in [0.2, 0.25) is 5.91 Å². The van der Waals surface area contributed by atoms with E-state index in [1.165, 1.54) is 17.9 Å². The third kappa shape index (κ3) is 6.01. The minimum atomic E-state index is -0.458. The second kappa shape index (κ2) is 10.5. The maximum Gasteiger partial charge on any atom is 0.254 e. The molecular weight excluding hydrogens is 411 g/mol. The Balaban J connectivity index is 1.79. The topological polar surface area (TPSA) is 66.9 Å². The van der Waals surface area contributed by atoms with Crippen molar-refractivity contribution >= 4 is 17.6 Å². The third-order valence-electron chi connectivity index (χ3n) is 5.37. The van der Waals surface area contributed by atoms with Gasteiger partial charge in [-0.25, -0.2) is 4.39 Å². The molecule has 0 radical (unpaired) electrons. The summed E-state index contributed by atoms with van der Waals surface area (Å²) >= 11 is 0. The van der Waals surface area contributed by atoms with Gasteiger partial charge in [-0.15, -0.1) is 0 Å². The van der Waals surface area contributed by atoms with Crippen molar-refractivity contribution in [2.75, 3.05) is 26.2 Å². The summed E-state index contributed by atoms with van der Waals surface area (Å²) < 4.78 is 20.0. The first kappa shape index (κ1) is 23.6. The van der Waals surface area contributed by atoms with Crippen molar-refractivity contribution in [1.29, 1.82) is 0 Å². The lowest BCUT2D eigenvalue weighted by Gasteiger charge is -2.26. The minimum absolute atomic E-state index is 0.0520. The van der Waals surface area contributed by atoms with Crippen LogP contribution in [-0.4, -0.2) is 59.7 Å². The summed E-state index contributed by atoms with van der Waals surface area (Å²) in [5, 5.41) is 0. The highest BCUT2D eigenvalue weighted by molar-refractivity contribution is 5.99. The molecule has 1 unspecified atom stereocenters. The van der Waals surface area contributed by atoms with Gasteiger partial charge in [-0.05, 0) is 31.0 Å². The van der Waals surface area contributed by atoms with Gasteiger partial charge in [-0.1, -0.05) is 44.2 Å². The first-order chi connectivity index (χ1) is 15.2. The Bertz CT molecular complexity index is 974. The van der Waals surface area contributed by atoms with E-state index in [2.05, 4.69) is 0 Å². The van der Waals surface area contributed by atoms with E-state index in [0.717, 1.165) is 0 Å². The molecule has 2 aromatic rings. The molecule has 0 saturated carbocycles. The average Bonchev–Trinajstić information content (AvgIpc) is 2.91. The van der Waals surface area contributed by atoms with Crippen LogP contribution in [0, 0.1) is 11.7 Å². The Hall–Kier alpha value is -3.06. The number of hydrogen-bond acceptors (Lipinski definition) is 4. The summed E-state index contributed by atoms with van der Waals surface area (Å²) in [4.78, 5) is 40.7. The van der Waals surface area contributed by atoms with Crippen LogP contribution in [0.1, 0.15) is 47.1 Å². The van der Waals surface area contributed by atoms with Gasteiger partial charge in [0.25, 0.3) is 5.91 Å². The molecule has 32 heavy (non-hydrogen) atoms. The molecule has 0 aliphatic carbocycles. The van der Waals surface area contributed by atoms with Crippen LogP contribution in [0.5, 0.6) is 0 Å². The van der Waals surface area contributed by atoms with E-state index in [-0.39, 0.29) is 49.0 Å². The van der Waals surface area contributed by atoms with Crippen molar-refractivity contribution in [1.82, 2.24) is 9.80 Å². The summed E-state index contributed by atoms with van der Waals surface area (Å²) in [5.74, 6) is -0.633. The number of nitrogens with zero attached hydrogens (tertiary/aromatic N) is 2. The van der Waals surface area contributed by atoms with Crippen LogP contribution in [0.25, 0.3) is 0 Å². The first-order valence-electron chi connectivity index (χ1n) is 10.8. The molecule has 2 aromatic carbocycles. The highest BCUT2D eigenvalue weighted by Gasteiger charge is 2.31. The summed E-state index contributed by atoms with van der Waals surface area (Å²) in [6, 6.07) is 12.8. The Morgan fingerprint density at radius 3 is 2.34 bits per heavy atom. The van der Waals surface area contributed by atoms with Gasteiger partial charge < -0.3 is 14.5 Å². The SMILES string of the molecule is CC(=O)c1ccc(C(=O)N2CC(=O)N(CC(C)C)CC(OCc3ccccc3F)C2)cc1.